The van der Waals surface area contributed by atoms with Crippen molar-refractivity contribution in [3.05, 3.63) is 29.5 Å². The second-order valence-electron chi connectivity index (χ2n) is 1.60. The van der Waals surface area contributed by atoms with E-state index in [9.17, 15) is 4.79 Å². The molecule has 0 spiro atoms. The maximum absolute atomic E-state index is 10.6. The second kappa shape index (κ2) is 2.30. The van der Waals surface area contributed by atoms with E-state index in [-0.39, 0.29) is 5.69 Å². The van der Waals surface area contributed by atoms with Crippen LogP contribution >= 0.6 is 0 Å². The maximum atomic E-state index is 10.6. The Balaban J connectivity index is 2.93. The minimum absolute atomic E-state index is 0.199. The number of aromatic amines is 1. The van der Waals surface area contributed by atoms with Gasteiger partial charge in [-0.15, -0.1) is 6.58 Å². The summed E-state index contributed by atoms with van der Waals surface area (Å²) in [6.45, 7) is 3.98. The molecule has 0 saturated heterocycles. The van der Waals surface area contributed by atoms with Gasteiger partial charge in [-0.05, 0) is 0 Å². The molecule has 0 radical (unpaired) electrons. The third kappa shape index (κ3) is 1.07. The monoisotopic (exact) mass is 125 g/mol. The van der Waals surface area contributed by atoms with Crippen molar-refractivity contribution in [2.24, 2.45) is 0 Å². The van der Waals surface area contributed by atoms with Crippen molar-refractivity contribution >= 4 is 0 Å². The van der Waals surface area contributed by atoms with Crippen molar-refractivity contribution in [2.75, 3.05) is 0 Å². The number of H-pyrrole nitrogens is 1. The summed E-state index contributed by atoms with van der Waals surface area (Å²) in [7, 11) is 0. The Morgan fingerprint density at radius 3 is 3.22 bits per heavy atom. The van der Waals surface area contributed by atoms with E-state index < -0.39 is 0 Å². The molecule has 1 aromatic rings. The number of nitrogens with zero attached hydrogens (tertiary/aromatic N) is 2. The highest BCUT2D eigenvalue weighted by Crippen LogP contribution is 1.73. The molecule has 4 nitrogen and oxygen atoms in total. The summed E-state index contributed by atoms with van der Waals surface area (Å²) >= 11 is 0. The fraction of sp³-hybridized carbons (Fsp3) is 0.200. The molecule has 0 fully saturated rings. The number of hydrogen-bond acceptors (Lipinski definition) is 2. The zero-order valence-corrected chi connectivity index (χ0v) is 4.87. The van der Waals surface area contributed by atoms with Crippen LogP contribution in [-0.4, -0.2) is 14.8 Å². The molecule has 0 aliphatic heterocycles. The van der Waals surface area contributed by atoms with E-state index in [0.29, 0.717) is 6.54 Å². The molecule has 0 aliphatic rings. The standard InChI is InChI=1S/C5H7N3O/c1-2-3-8-4-6-7-5(8)9/h2,4H,1,3H2,(H,7,9). The topological polar surface area (TPSA) is 50.7 Å². The number of nitrogens with one attached hydrogen (secondary N) is 1. The summed E-state index contributed by atoms with van der Waals surface area (Å²) < 4.78 is 1.42. The van der Waals surface area contributed by atoms with Gasteiger partial charge in [-0.3, -0.25) is 4.57 Å². The van der Waals surface area contributed by atoms with Gasteiger partial charge in [0.1, 0.15) is 6.33 Å². The molecule has 0 atom stereocenters. The Labute approximate surface area is 51.8 Å². The van der Waals surface area contributed by atoms with Gasteiger partial charge < -0.3 is 0 Å². The first-order chi connectivity index (χ1) is 4.34. The van der Waals surface area contributed by atoms with Gasteiger partial charge in [0.2, 0.25) is 0 Å². The number of rotatable bonds is 2. The zero-order valence-electron chi connectivity index (χ0n) is 4.87. The lowest BCUT2D eigenvalue weighted by Gasteiger charge is -1.87. The predicted molar refractivity (Wildman–Crippen MR) is 33.0 cm³/mol. The Morgan fingerprint density at radius 2 is 2.78 bits per heavy atom. The summed E-state index contributed by atoms with van der Waals surface area (Å²) in [4.78, 5) is 10.6. The normalized spacial score (nSPS) is 9.33. The van der Waals surface area contributed by atoms with Gasteiger partial charge in [-0.2, -0.15) is 5.10 Å². The van der Waals surface area contributed by atoms with Crippen molar-refractivity contribution in [3.8, 4) is 0 Å². The molecular formula is C5H7N3O. The minimum Gasteiger partial charge on any atom is -0.278 e. The molecule has 0 amide bonds. The first kappa shape index (κ1) is 5.81. The molecule has 9 heavy (non-hydrogen) atoms. The van der Waals surface area contributed by atoms with Gasteiger partial charge >= 0.3 is 5.69 Å². The van der Waals surface area contributed by atoms with E-state index in [2.05, 4.69) is 16.8 Å². The van der Waals surface area contributed by atoms with E-state index >= 15 is 0 Å². The first-order valence-electron chi connectivity index (χ1n) is 2.55. The molecule has 1 rings (SSSR count). The van der Waals surface area contributed by atoms with Crippen molar-refractivity contribution in [3.63, 3.8) is 0 Å². The summed E-state index contributed by atoms with van der Waals surface area (Å²) in [5, 5.41) is 5.78. The highest BCUT2D eigenvalue weighted by atomic mass is 16.1. The molecule has 0 aromatic carbocycles. The van der Waals surface area contributed by atoms with Crippen LogP contribution in [0.25, 0.3) is 0 Å². The van der Waals surface area contributed by atoms with Gasteiger partial charge in [0.15, 0.2) is 0 Å². The molecule has 48 valence electrons. The third-order valence-corrected chi connectivity index (χ3v) is 0.944. The Morgan fingerprint density at radius 1 is 2.00 bits per heavy atom. The highest BCUT2D eigenvalue weighted by Gasteiger charge is 1.89. The highest BCUT2D eigenvalue weighted by molar-refractivity contribution is 4.72. The number of aromatic nitrogens is 3. The fourth-order valence-electron chi connectivity index (χ4n) is 0.540. The van der Waals surface area contributed by atoms with E-state index in [1.54, 1.807) is 6.08 Å². The molecule has 0 aliphatic carbocycles. The van der Waals surface area contributed by atoms with Crippen LogP contribution in [0.5, 0.6) is 0 Å². The van der Waals surface area contributed by atoms with Crippen LogP contribution in [0.2, 0.25) is 0 Å². The van der Waals surface area contributed by atoms with Crippen molar-refractivity contribution < 1.29 is 0 Å². The quantitative estimate of drug-likeness (QED) is 0.554. The average molecular weight is 125 g/mol. The van der Waals surface area contributed by atoms with E-state index in [1.807, 2.05) is 0 Å². The maximum Gasteiger partial charge on any atom is 0.343 e. The predicted octanol–water partition coefficient (Wildman–Crippen LogP) is -0.243. The molecular weight excluding hydrogens is 118 g/mol. The lowest BCUT2D eigenvalue weighted by Crippen LogP contribution is -2.14. The average Bonchev–Trinajstić information content (AvgIpc) is 2.18. The molecule has 0 unspecified atom stereocenters. The smallest absolute Gasteiger partial charge is 0.278 e. The van der Waals surface area contributed by atoms with Crippen LogP contribution in [0.15, 0.2) is 23.8 Å². The SMILES string of the molecule is C=CCn1cn[nH]c1=O. The largest absolute Gasteiger partial charge is 0.343 e. The summed E-state index contributed by atoms with van der Waals surface area (Å²) in [6.07, 6.45) is 3.07. The van der Waals surface area contributed by atoms with Crippen LogP contribution in [0.3, 0.4) is 0 Å². The Kier molecular flexibility index (Phi) is 1.48. The summed E-state index contributed by atoms with van der Waals surface area (Å²) in [5.41, 5.74) is -0.199. The van der Waals surface area contributed by atoms with Crippen LogP contribution in [0, 0.1) is 0 Å². The fourth-order valence-corrected chi connectivity index (χ4v) is 0.540. The van der Waals surface area contributed by atoms with E-state index in [1.165, 1.54) is 10.9 Å². The summed E-state index contributed by atoms with van der Waals surface area (Å²) in [6, 6.07) is 0. The van der Waals surface area contributed by atoms with Gasteiger partial charge in [-0.1, -0.05) is 6.08 Å². The summed E-state index contributed by atoms with van der Waals surface area (Å²) in [5.74, 6) is 0. The third-order valence-electron chi connectivity index (χ3n) is 0.944. The van der Waals surface area contributed by atoms with Crippen LogP contribution in [0.1, 0.15) is 0 Å². The molecule has 1 aromatic heterocycles. The molecule has 4 heteroatoms. The lowest BCUT2D eigenvalue weighted by atomic mass is 10.6. The molecule has 0 saturated carbocycles. The van der Waals surface area contributed by atoms with Crippen molar-refractivity contribution in [1.82, 2.24) is 14.8 Å². The van der Waals surface area contributed by atoms with E-state index in [0.717, 1.165) is 0 Å². The number of hydrogen-bond donors (Lipinski definition) is 1. The van der Waals surface area contributed by atoms with Crippen LogP contribution in [0.4, 0.5) is 0 Å². The van der Waals surface area contributed by atoms with Crippen LogP contribution in [-0.2, 0) is 6.54 Å². The van der Waals surface area contributed by atoms with Crippen molar-refractivity contribution in [2.45, 2.75) is 6.54 Å². The Bertz CT molecular complexity index is 247. The second-order valence-corrected chi connectivity index (χ2v) is 1.60. The van der Waals surface area contributed by atoms with Gasteiger partial charge in [0.05, 0.1) is 0 Å². The van der Waals surface area contributed by atoms with Crippen molar-refractivity contribution in [1.29, 1.82) is 0 Å². The lowest BCUT2D eigenvalue weighted by molar-refractivity contribution is 0.782. The van der Waals surface area contributed by atoms with Gasteiger partial charge in [-0.25, -0.2) is 9.89 Å². The molecule has 1 heterocycles. The Hall–Kier alpha value is -1.32. The number of allylic oxidation sites excluding steroid dienone is 1. The molecule has 0 bridgehead atoms. The van der Waals surface area contributed by atoms with E-state index in [4.69, 9.17) is 0 Å². The zero-order chi connectivity index (χ0) is 6.69. The first-order valence-corrected chi connectivity index (χ1v) is 2.55. The minimum atomic E-state index is -0.199. The van der Waals surface area contributed by atoms with Crippen LogP contribution < -0.4 is 5.69 Å². The van der Waals surface area contributed by atoms with Gasteiger partial charge in [0.25, 0.3) is 0 Å². The molecule has 1 N–H and O–H groups in total. The van der Waals surface area contributed by atoms with Gasteiger partial charge in [0, 0.05) is 6.54 Å².